The SMILES string of the molecule is Nc1nnc(-c2cc(Cl)sc2Cl)n1N. The van der Waals surface area contributed by atoms with Gasteiger partial charge in [-0.3, -0.25) is 0 Å². The molecule has 5 nitrogen and oxygen atoms in total. The van der Waals surface area contributed by atoms with E-state index in [0.717, 1.165) is 4.68 Å². The quantitative estimate of drug-likeness (QED) is 0.753. The summed E-state index contributed by atoms with van der Waals surface area (Å²) in [5.74, 6) is 6.10. The first-order valence-corrected chi connectivity index (χ1v) is 5.08. The molecule has 0 atom stereocenters. The van der Waals surface area contributed by atoms with Crippen molar-refractivity contribution in [2.75, 3.05) is 11.6 Å². The van der Waals surface area contributed by atoms with Crippen LogP contribution in [-0.2, 0) is 0 Å². The zero-order valence-electron chi connectivity index (χ0n) is 6.74. The van der Waals surface area contributed by atoms with Crippen molar-refractivity contribution in [2.45, 2.75) is 0 Å². The molecule has 0 aliphatic carbocycles. The van der Waals surface area contributed by atoms with Gasteiger partial charge in [0.2, 0.25) is 5.95 Å². The van der Waals surface area contributed by atoms with Gasteiger partial charge in [-0.2, -0.15) is 0 Å². The molecular formula is C6H5Cl2N5S. The fourth-order valence-corrected chi connectivity index (χ4v) is 2.44. The number of aromatic nitrogens is 3. The lowest BCUT2D eigenvalue weighted by atomic mass is 10.3. The third-order valence-electron chi connectivity index (χ3n) is 1.62. The smallest absolute Gasteiger partial charge is 0.241 e. The highest BCUT2D eigenvalue weighted by molar-refractivity contribution is 7.20. The van der Waals surface area contributed by atoms with E-state index in [0.29, 0.717) is 20.1 Å². The summed E-state index contributed by atoms with van der Waals surface area (Å²) in [6.07, 6.45) is 0. The van der Waals surface area contributed by atoms with Crippen LogP contribution < -0.4 is 11.6 Å². The summed E-state index contributed by atoms with van der Waals surface area (Å²) < 4.78 is 2.23. The maximum absolute atomic E-state index is 5.92. The monoisotopic (exact) mass is 249 g/mol. The van der Waals surface area contributed by atoms with E-state index >= 15 is 0 Å². The summed E-state index contributed by atoms with van der Waals surface area (Å²) in [4.78, 5) is 0. The van der Waals surface area contributed by atoms with Crippen LogP contribution in [0.2, 0.25) is 8.67 Å². The van der Waals surface area contributed by atoms with Crippen molar-refractivity contribution in [1.82, 2.24) is 14.9 Å². The van der Waals surface area contributed by atoms with Gasteiger partial charge >= 0.3 is 0 Å². The summed E-state index contributed by atoms with van der Waals surface area (Å²) in [6, 6.07) is 1.67. The molecule has 74 valence electrons. The van der Waals surface area contributed by atoms with Gasteiger partial charge in [-0.25, -0.2) is 4.68 Å². The van der Waals surface area contributed by atoms with Gasteiger partial charge in [-0.1, -0.05) is 23.2 Å². The van der Waals surface area contributed by atoms with E-state index in [4.69, 9.17) is 34.8 Å². The molecule has 2 aromatic rings. The van der Waals surface area contributed by atoms with Crippen LogP contribution in [-0.4, -0.2) is 14.9 Å². The number of nitrogen functional groups attached to an aromatic ring is 2. The number of hydrogen-bond acceptors (Lipinski definition) is 5. The van der Waals surface area contributed by atoms with E-state index in [1.54, 1.807) is 6.07 Å². The minimum Gasteiger partial charge on any atom is -0.366 e. The second kappa shape index (κ2) is 3.30. The Morgan fingerprint density at radius 1 is 1.36 bits per heavy atom. The second-order valence-corrected chi connectivity index (χ2v) is 4.78. The maximum Gasteiger partial charge on any atom is 0.241 e. The molecular weight excluding hydrogens is 245 g/mol. The highest BCUT2D eigenvalue weighted by Gasteiger charge is 2.15. The van der Waals surface area contributed by atoms with E-state index < -0.39 is 0 Å². The normalized spacial score (nSPS) is 10.7. The fourth-order valence-electron chi connectivity index (χ4n) is 0.980. The standard InChI is InChI=1S/C6H5Cl2N5S/c7-3-1-2(4(8)14-3)5-11-12-6(9)13(5)10/h1H,10H2,(H2,9,12). The molecule has 2 rings (SSSR count). The molecule has 4 N–H and O–H groups in total. The summed E-state index contributed by atoms with van der Waals surface area (Å²) in [6.45, 7) is 0. The largest absolute Gasteiger partial charge is 0.366 e. The van der Waals surface area contributed by atoms with Crippen molar-refractivity contribution in [1.29, 1.82) is 0 Å². The van der Waals surface area contributed by atoms with Crippen molar-refractivity contribution in [3.05, 3.63) is 14.7 Å². The number of nitrogens with zero attached hydrogens (tertiary/aromatic N) is 3. The average molecular weight is 250 g/mol. The van der Waals surface area contributed by atoms with E-state index in [-0.39, 0.29) is 5.95 Å². The Bertz CT molecular complexity index is 477. The third kappa shape index (κ3) is 1.41. The molecule has 0 unspecified atom stereocenters. The molecule has 0 saturated carbocycles. The minimum atomic E-state index is 0.124. The third-order valence-corrected chi connectivity index (χ3v) is 3.11. The number of nitrogens with two attached hydrogens (primary N) is 2. The van der Waals surface area contributed by atoms with Crippen LogP contribution in [0.25, 0.3) is 11.4 Å². The van der Waals surface area contributed by atoms with Gasteiger partial charge in [0.25, 0.3) is 0 Å². The molecule has 2 aromatic heterocycles. The molecule has 0 radical (unpaired) electrons. The molecule has 0 fully saturated rings. The Labute approximate surface area is 93.2 Å². The van der Waals surface area contributed by atoms with Crippen LogP contribution in [0, 0.1) is 0 Å². The number of thiophene rings is 1. The van der Waals surface area contributed by atoms with Crippen molar-refractivity contribution in [3.8, 4) is 11.4 Å². The van der Waals surface area contributed by atoms with Crippen LogP contribution in [0.1, 0.15) is 0 Å². The highest BCUT2D eigenvalue weighted by atomic mass is 35.5. The molecule has 0 spiro atoms. The van der Waals surface area contributed by atoms with Crippen LogP contribution >= 0.6 is 34.5 Å². The van der Waals surface area contributed by atoms with Crippen molar-refractivity contribution < 1.29 is 0 Å². The lowest BCUT2D eigenvalue weighted by Gasteiger charge is -1.98. The molecule has 2 heterocycles. The van der Waals surface area contributed by atoms with Crippen molar-refractivity contribution in [2.24, 2.45) is 0 Å². The summed E-state index contributed by atoms with van der Waals surface area (Å²) in [5, 5.41) is 7.40. The molecule has 0 aromatic carbocycles. The fraction of sp³-hybridized carbons (Fsp3) is 0. The van der Waals surface area contributed by atoms with Gasteiger partial charge in [-0.05, 0) is 6.07 Å². The number of halogens is 2. The predicted molar refractivity (Wildman–Crippen MR) is 57.9 cm³/mol. The molecule has 8 heteroatoms. The Balaban J connectivity index is 2.59. The Morgan fingerprint density at radius 3 is 2.50 bits per heavy atom. The Morgan fingerprint density at radius 2 is 2.07 bits per heavy atom. The van der Waals surface area contributed by atoms with Crippen LogP contribution in [0.4, 0.5) is 5.95 Å². The molecule has 0 bridgehead atoms. The van der Waals surface area contributed by atoms with Gasteiger partial charge < -0.3 is 11.6 Å². The Kier molecular flexibility index (Phi) is 2.26. The number of hydrogen-bond donors (Lipinski definition) is 2. The topological polar surface area (TPSA) is 82.8 Å². The average Bonchev–Trinajstić information content (AvgIpc) is 2.59. The second-order valence-electron chi connectivity index (χ2n) is 2.49. The van der Waals surface area contributed by atoms with E-state index in [1.807, 2.05) is 0 Å². The van der Waals surface area contributed by atoms with E-state index in [1.165, 1.54) is 11.3 Å². The van der Waals surface area contributed by atoms with E-state index in [9.17, 15) is 0 Å². The summed E-state index contributed by atoms with van der Waals surface area (Å²) in [5.41, 5.74) is 6.06. The maximum atomic E-state index is 5.92. The number of anilines is 1. The lowest BCUT2D eigenvalue weighted by Crippen LogP contribution is -2.13. The Hall–Kier alpha value is -0.980. The van der Waals surface area contributed by atoms with Crippen LogP contribution in [0.3, 0.4) is 0 Å². The van der Waals surface area contributed by atoms with Gasteiger partial charge in [0.05, 0.1) is 9.90 Å². The van der Waals surface area contributed by atoms with Gasteiger partial charge in [0, 0.05) is 0 Å². The molecule has 0 amide bonds. The lowest BCUT2D eigenvalue weighted by molar-refractivity contribution is 1.02. The predicted octanol–water partition coefficient (Wildman–Crippen LogP) is 1.61. The molecule has 0 aliphatic heterocycles. The minimum absolute atomic E-state index is 0.124. The molecule has 0 aliphatic rings. The van der Waals surface area contributed by atoms with Crippen LogP contribution in [0.5, 0.6) is 0 Å². The van der Waals surface area contributed by atoms with Gasteiger partial charge in [-0.15, -0.1) is 21.5 Å². The molecule has 14 heavy (non-hydrogen) atoms. The summed E-state index contributed by atoms with van der Waals surface area (Å²) >= 11 is 12.9. The number of rotatable bonds is 1. The van der Waals surface area contributed by atoms with Gasteiger partial charge in [0.1, 0.15) is 4.34 Å². The van der Waals surface area contributed by atoms with Gasteiger partial charge in [0.15, 0.2) is 5.82 Å². The van der Waals surface area contributed by atoms with Crippen molar-refractivity contribution >= 4 is 40.5 Å². The van der Waals surface area contributed by atoms with E-state index in [2.05, 4.69) is 10.2 Å². The zero-order valence-corrected chi connectivity index (χ0v) is 9.07. The van der Waals surface area contributed by atoms with Crippen molar-refractivity contribution in [3.63, 3.8) is 0 Å². The first-order chi connectivity index (χ1) is 6.59. The zero-order chi connectivity index (χ0) is 10.3. The molecule has 0 saturated heterocycles. The highest BCUT2D eigenvalue weighted by Crippen LogP contribution is 2.37. The summed E-state index contributed by atoms with van der Waals surface area (Å²) in [7, 11) is 0. The first kappa shape index (κ1) is 9.57. The first-order valence-electron chi connectivity index (χ1n) is 3.50. The van der Waals surface area contributed by atoms with Crippen LogP contribution in [0.15, 0.2) is 6.07 Å².